The monoisotopic (exact) mass is 322 g/mol. The number of aromatic nitrogens is 2. The van der Waals surface area contributed by atoms with Crippen molar-refractivity contribution >= 4 is 29.4 Å². The zero-order valence-electron chi connectivity index (χ0n) is 13.3. The molecule has 6 nitrogen and oxygen atoms in total. The molecule has 1 aromatic heterocycles. The SMILES string of the molecule is CC(C)(C)n1nc2c(c1NC(=O)C(=O)N1CCCC1)CSC2. The smallest absolute Gasteiger partial charge is 0.315 e. The van der Waals surface area contributed by atoms with Crippen molar-refractivity contribution in [3.8, 4) is 0 Å². The number of thioether (sulfide) groups is 1. The van der Waals surface area contributed by atoms with Gasteiger partial charge in [0.2, 0.25) is 0 Å². The number of hydrogen-bond acceptors (Lipinski definition) is 4. The molecule has 2 aliphatic rings. The van der Waals surface area contributed by atoms with Crippen LogP contribution in [-0.2, 0) is 26.6 Å². The first-order valence-corrected chi connectivity index (χ1v) is 8.82. The predicted octanol–water partition coefficient (Wildman–Crippen LogP) is 1.95. The minimum absolute atomic E-state index is 0.242. The number of amides is 2. The quantitative estimate of drug-likeness (QED) is 0.803. The second-order valence-electron chi connectivity index (χ2n) is 6.80. The standard InChI is InChI=1S/C15H22N4O2S/c1-15(2,3)19-12(10-8-22-9-11(10)17-19)16-13(20)14(21)18-6-4-5-7-18/h4-9H2,1-3H3,(H,16,20). The molecule has 0 unspecified atom stereocenters. The Morgan fingerprint density at radius 1 is 1.18 bits per heavy atom. The topological polar surface area (TPSA) is 67.2 Å². The molecule has 0 spiro atoms. The van der Waals surface area contributed by atoms with E-state index in [0.717, 1.165) is 35.6 Å². The number of hydrogen-bond donors (Lipinski definition) is 1. The first-order valence-electron chi connectivity index (χ1n) is 7.67. The summed E-state index contributed by atoms with van der Waals surface area (Å²) in [5.74, 6) is 1.40. The zero-order valence-corrected chi connectivity index (χ0v) is 14.1. The summed E-state index contributed by atoms with van der Waals surface area (Å²) in [5, 5.41) is 7.46. The van der Waals surface area contributed by atoms with Gasteiger partial charge in [-0.25, -0.2) is 4.68 Å². The highest BCUT2D eigenvalue weighted by atomic mass is 32.2. The Hall–Kier alpha value is -1.50. The van der Waals surface area contributed by atoms with Gasteiger partial charge in [-0.2, -0.15) is 16.9 Å². The Morgan fingerprint density at radius 2 is 1.86 bits per heavy atom. The van der Waals surface area contributed by atoms with Crippen LogP contribution in [0.4, 0.5) is 5.82 Å². The molecule has 1 saturated heterocycles. The Bertz CT molecular complexity index is 612. The third-order valence-electron chi connectivity index (χ3n) is 4.01. The van der Waals surface area contributed by atoms with Crippen molar-refractivity contribution in [2.24, 2.45) is 0 Å². The number of carbonyl (C=O) groups excluding carboxylic acids is 2. The third kappa shape index (κ3) is 2.74. The summed E-state index contributed by atoms with van der Waals surface area (Å²) < 4.78 is 1.84. The largest absolute Gasteiger partial charge is 0.334 e. The molecular formula is C15H22N4O2S. The lowest BCUT2D eigenvalue weighted by Crippen LogP contribution is -2.39. The summed E-state index contributed by atoms with van der Waals surface area (Å²) in [6.07, 6.45) is 1.95. The molecule has 1 aromatic rings. The van der Waals surface area contributed by atoms with Crippen molar-refractivity contribution in [1.82, 2.24) is 14.7 Å². The van der Waals surface area contributed by atoms with Crippen molar-refractivity contribution in [2.75, 3.05) is 18.4 Å². The Morgan fingerprint density at radius 3 is 2.50 bits per heavy atom. The Kier molecular flexibility index (Phi) is 3.92. The Labute approximate surface area is 134 Å². The highest BCUT2D eigenvalue weighted by Crippen LogP contribution is 2.37. The molecule has 0 bridgehead atoms. The second-order valence-corrected chi connectivity index (χ2v) is 7.79. The van der Waals surface area contributed by atoms with Crippen LogP contribution in [0.5, 0.6) is 0 Å². The molecule has 3 heterocycles. The Balaban J connectivity index is 1.85. The number of carbonyl (C=O) groups is 2. The minimum atomic E-state index is -0.549. The molecule has 0 atom stereocenters. The van der Waals surface area contributed by atoms with E-state index < -0.39 is 11.8 Å². The van der Waals surface area contributed by atoms with Crippen LogP contribution >= 0.6 is 11.8 Å². The molecule has 1 fully saturated rings. The lowest BCUT2D eigenvalue weighted by molar-refractivity contribution is -0.142. The van der Waals surface area contributed by atoms with Crippen LogP contribution in [0.3, 0.4) is 0 Å². The molecule has 3 rings (SSSR count). The van der Waals surface area contributed by atoms with E-state index in [9.17, 15) is 9.59 Å². The maximum atomic E-state index is 12.3. The number of nitrogens with zero attached hydrogens (tertiary/aromatic N) is 3. The summed E-state index contributed by atoms with van der Waals surface area (Å²) >= 11 is 1.78. The van der Waals surface area contributed by atoms with Gasteiger partial charge >= 0.3 is 11.8 Å². The van der Waals surface area contributed by atoms with E-state index >= 15 is 0 Å². The van der Waals surface area contributed by atoms with E-state index in [-0.39, 0.29) is 5.54 Å². The van der Waals surface area contributed by atoms with Crippen LogP contribution in [0.1, 0.15) is 44.9 Å². The van der Waals surface area contributed by atoms with Gasteiger partial charge in [-0.15, -0.1) is 0 Å². The van der Waals surface area contributed by atoms with Gasteiger partial charge in [0.15, 0.2) is 0 Å². The first kappa shape index (κ1) is 15.4. The van der Waals surface area contributed by atoms with E-state index in [4.69, 9.17) is 0 Å². The van der Waals surface area contributed by atoms with Gasteiger partial charge in [0.05, 0.1) is 11.2 Å². The third-order valence-corrected chi connectivity index (χ3v) is 4.98. The minimum Gasteiger partial charge on any atom is -0.334 e. The maximum absolute atomic E-state index is 12.3. The van der Waals surface area contributed by atoms with Gasteiger partial charge in [-0.3, -0.25) is 9.59 Å². The predicted molar refractivity (Wildman–Crippen MR) is 86.7 cm³/mol. The van der Waals surface area contributed by atoms with Crippen molar-refractivity contribution in [3.05, 3.63) is 11.3 Å². The highest BCUT2D eigenvalue weighted by Gasteiger charge is 2.31. The molecule has 7 heteroatoms. The second kappa shape index (κ2) is 5.61. The van der Waals surface area contributed by atoms with E-state index in [2.05, 4.69) is 10.4 Å². The van der Waals surface area contributed by atoms with Crippen LogP contribution in [0, 0.1) is 0 Å². The molecular weight excluding hydrogens is 300 g/mol. The number of likely N-dealkylation sites (tertiary alicyclic amines) is 1. The van der Waals surface area contributed by atoms with Crippen molar-refractivity contribution in [1.29, 1.82) is 0 Å². The van der Waals surface area contributed by atoms with E-state index in [0.29, 0.717) is 18.9 Å². The summed E-state index contributed by atoms with van der Waals surface area (Å²) in [6, 6.07) is 0. The number of fused-ring (bicyclic) bond motifs is 1. The molecule has 2 aliphatic heterocycles. The van der Waals surface area contributed by atoms with Crippen molar-refractivity contribution in [3.63, 3.8) is 0 Å². The number of nitrogens with one attached hydrogen (secondary N) is 1. The average molecular weight is 322 g/mol. The molecule has 0 aromatic carbocycles. The zero-order chi connectivity index (χ0) is 15.9. The summed E-state index contributed by atoms with van der Waals surface area (Å²) in [4.78, 5) is 26.2. The maximum Gasteiger partial charge on any atom is 0.315 e. The summed E-state index contributed by atoms with van der Waals surface area (Å²) in [7, 11) is 0. The van der Waals surface area contributed by atoms with Crippen molar-refractivity contribution in [2.45, 2.75) is 50.7 Å². The van der Waals surface area contributed by atoms with Gasteiger partial charge in [0, 0.05) is 30.2 Å². The van der Waals surface area contributed by atoms with Gasteiger partial charge in [0.25, 0.3) is 0 Å². The van der Waals surface area contributed by atoms with Crippen LogP contribution in [0.15, 0.2) is 0 Å². The highest BCUT2D eigenvalue weighted by molar-refractivity contribution is 7.98. The fraction of sp³-hybridized carbons (Fsp3) is 0.667. The normalized spacial score (nSPS) is 17.7. The van der Waals surface area contributed by atoms with E-state index in [1.807, 2.05) is 25.5 Å². The van der Waals surface area contributed by atoms with E-state index in [1.165, 1.54) is 0 Å². The van der Waals surface area contributed by atoms with Gasteiger partial charge < -0.3 is 10.2 Å². The van der Waals surface area contributed by atoms with Crippen LogP contribution in [0.25, 0.3) is 0 Å². The molecule has 2 amide bonds. The van der Waals surface area contributed by atoms with Gasteiger partial charge in [-0.05, 0) is 33.6 Å². The molecule has 22 heavy (non-hydrogen) atoms. The number of rotatable bonds is 1. The molecule has 1 N–H and O–H groups in total. The molecule has 0 saturated carbocycles. The number of anilines is 1. The van der Waals surface area contributed by atoms with Crippen LogP contribution < -0.4 is 5.32 Å². The van der Waals surface area contributed by atoms with Crippen LogP contribution in [0.2, 0.25) is 0 Å². The lowest BCUT2D eigenvalue weighted by atomic mass is 10.1. The first-order chi connectivity index (χ1) is 10.4. The molecule has 0 aliphatic carbocycles. The summed E-state index contributed by atoms with van der Waals surface area (Å²) in [6.45, 7) is 7.48. The average Bonchev–Trinajstić information content (AvgIpc) is 3.14. The fourth-order valence-electron chi connectivity index (χ4n) is 2.85. The summed E-state index contributed by atoms with van der Waals surface area (Å²) in [5.41, 5.74) is 1.83. The molecule has 0 radical (unpaired) electrons. The van der Waals surface area contributed by atoms with Gasteiger partial charge in [-0.1, -0.05) is 0 Å². The fourth-order valence-corrected chi connectivity index (χ4v) is 3.89. The van der Waals surface area contributed by atoms with Gasteiger partial charge in [0.1, 0.15) is 5.82 Å². The molecule has 120 valence electrons. The van der Waals surface area contributed by atoms with Crippen LogP contribution in [-0.4, -0.2) is 39.6 Å². The lowest BCUT2D eigenvalue weighted by Gasteiger charge is -2.23. The van der Waals surface area contributed by atoms with Crippen molar-refractivity contribution < 1.29 is 9.59 Å². The van der Waals surface area contributed by atoms with E-state index in [1.54, 1.807) is 16.7 Å².